The maximum Gasteiger partial charge on any atom is 0.217 e. The van der Waals surface area contributed by atoms with Gasteiger partial charge in [-0.3, -0.25) is 4.79 Å². The van der Waals surface area contributed by atoms with Crippen molar-refractivity contribution in [3.05, 3.63) is 29.8 Å². The van der Waals surface area contributed by atoms with Crippen molar-refractivity contribution in [2.45, 2.75) is 77.2 Å². The lowest BCUT2D eigenvalue weighted by atomic mass is 9.95. The Kier molecular flexibility index (Phi) is 7.53. The highest BCUT2D eigenvalue weighted by Crippen LogP contribution is 2.29. The Balaban J connectivity index is 1.29. The lowest BCUT2D eigenvalue weighted by Crippen LogP contribution is -2.36. The fourth-order valence-electron chi connectivity index (χ4n) is 3.43. The fraction of sp³-hybridized carbons (Fsp3) is 0.682. The number of rotatable bonds is 10. The highest BCUT2D eigenvalue weighted by atomic mass is 16.5. The van der Waals surface area contributed by atoms with E-state index in [9.17, 15) is 4.79 Å². The highest BCUT2D eigenvalue weighted by molar-refractivity contribution is 5.73. The number of nitrogens with one attached hydrogen (secondary N) is 1. The molecule has 3 rings (SSSR count). The molecule has 0 unspecified atom stereocenters. The molecule has 5 heteroatoms. The average molecular weight is 376 g/mol. The molecule has 27 heavy (non-hydrogen) atoms. The van der Waals surface area contributed by atoms with Crippen LogP contribution in [-0.2, 0) is 20.9 Å². The molecule has 0 heterocycles. The molecule has 1 atom stereocenters. The Bertz CT molecular complexity index is 576. The standard InChI is InChI=1S/C22H33NO4/c1-16(23-17(2)24)13-25-21-9-11-22(12-10-21)27-15-19-5-7-20(8-6-19)26-14-18-3-4-18/h5-8,16,18,21-22H,3-4,9-15H2,1-2H3,(H,23,24)/t16-,21?,22?/m0/s1. The molecule has 150 valence electrons. The zero-order chi connectivity index (χ0) is 19.1. The number of amides is 1. The lowest BCUT2D eigenvalue weighted by molar-refractivity contribution is -0.120. The van der Waals surface area contributed by atoms with E-state index in [2.05, 4.69) is 17.4 Å². The fourth-order valence-corrected chi connectivity index (χ4v) is 3.43. The molecule has 5 nitrogen and oxygen atoms in total. The van der Waals surface area contributed by atoms with Crippen molar-refractivity contribution in [3.8, 4) is 5.75 Å². The van der Waals surface area contributed by atoms with Crippen molar-refractivity contribution in [3.63, 3.8) is 0 Å². The predicted octanol–water partition coefficient (Wildman–Crippen LogP) is 3.84. The van der Waals surface area contributed by atoms with Crippen LogP contribution < -0.4 is 10.1 Å². The summed E-state index contributed by atoms with van der Waals surface area (Å²) in [4.78, 5) is 11.0. The molecule has 0 bridgehead atoms. The smallest absolute Gasteiger partial charge is 0.217 e. The van der Waals surface area contributed by atoms with Crippen molar-refractivity contribution >= 4 is 5.91 Å². The van der Waals surface area contributed by atoms with E-state index in [4.69, 9.17) is 14.2 Å². The SMILES string of the molecule is CC(=O)N[C@@H](C)COC1CCC(OCc2ccc(OCC3CC3)cc2)CC1. The normalized spacial score (nSPS) is 23.6. The summed E-state index contributed by atoms with van der Waals surface area (Å²) in [6.45, 7) is 5.58. The number of carbonyl (C=O) groups is 1. The van der Waals surface area contributed by atoms with Gasteiger partial charge in [0.2, 0.25) is 5.91 Å². The van der Waals surface area contributed by atoms with Crippen LogP contribution in [0.3, 0.4) is 0 Å². The molecular weight excluding hydrogens is 342 g/mol. The van der Waals surface area contributed by atoms with Crippen molar-refractivity contribution in [2.24, 2.45) is 5.92 Å². The predicted molar refractivity (Wildman–Crippen MR) is 105 cm³/mol. The molecule has 0 saturated heterocycles. The monoisotopic (exact) mass is 375 g/mol. The van der Waals surface area contributed by atoms with Crippen LogP contribution >= 0.6 is 0 Å². The topological polar surface area (TPSA) is 56.8 Å². The van der Waals surface area contributed by atoms with E-state index in [0.29, 0.717) is 19.3 Å². The van der Waals surface area contributed by atoms with Gasteiger partial charge in [0.05, 0.1) is 32.0 Å². The first-order chi connectivity index (χ1) is 13.1. The quantitative estimate of drug-likeness (QED) is 0.675. The van der Waals surface area contributed by atoms with Gasteiger partial charge in [0.1, 0.15) is 5.75 Å². The second-order valence-electron chi connectivity index (χ2n) is 8.04. The second kappa shape index (κ2) is 10.1. The van der Waals surface area contributed by atoms with Gasteiger partial charge in [-0.1, -0.05) is 12.1 Å². The molecule has 0 aliphatic heterocycles. The number of hydrogen-bond donors (Lipinski definition) is 1. The van der Waals surface area contributed by atoms with Crippen LogP contribution in [0.25, 0.3) is 0 Å². The highest BCUT2D eigenvalue weighted by Gasteiger charge is 2.23. The van der Waals surface area contributed by atoms with Crippen molar-refractivity contribution in [1.82, 2.24) is 5.32 Å². The van der Waals surface area contributed by atoms with Crippen molar-refractivity contribution in [1.29, 1.82) is 0 Å². The third kappa shape index (κ3) is 7.51. The van der Waals surface area contributed by atoms with E-state index in [1.54, 1.807) is 0 Å². The summed E-state index contributed by atoms with van der Waals surface area (Å²) >= 11 is 0. The van der Waals surface area contributed by atoms with Gasteiger partial charge in [0.25, 0.3) is 0 Å². The van der Waals surface area contributed by atoms with Gasteiger partial charge in [-0.15, -0.1) is 0 Å². The summed E-state index contributed by atoms with van der Waals surface area (Å²) in [5.74, 6) is 1.73. The zero-order valence-corrected chi connectivity index (χ0v) is 16.6. The van der Waals surface area contributed by atoms with Crippen LogP contribution in [0.15, 0.2) is 24.3 Å². The van der Waals surface area contributed by atoms with Crippen LogP contribution in [0.1, 0.15) is 57.9 Å². The first-order valence-electron chi connectivity index (χ1n) is 10.3. The minimum atomic E-state index is -0.00860. The molecule has 1 aromatic rings. The summed E-state index contributed by atoms with van der Waals surface area (Å²) in [5.41, 5.74) is 1.19. The van der Waals surface area contributed by atoms with Crippen LogP contribution in [0.2, 0.25) is 0 Å². The van der Waals surface area contributed by atoms with Crippen LogP contribution in [0.5, 0.6) is 5.75 Å². The third-order valence-electron chi connectivity index (χ3n) is 5.24. The van der Waals surface area contributed by atoms with Gasteiger partial charge < -0.3 is 19.5 Å². The largest absolute Gasteiger partial charge is 0.493 e. The molecule has 0 aromatic heterocycles. The van der Waals surface area contributed by atoms with Gasteiger partial charge in [0, 0.05) is 13.0 Å². The molecule has 2 saturated carbocycles. The summed E-state index contributed by atoms with van der Waals surface area (Å²) in [6, 6.07) is 8.35. The number of benzene rings is 1. The summed E-state index contributed by atoms with van der Waals surface area (Å²) in [5, 5.41) is 2.85. The number of ether oxygens (including phenoxy) is 3. The lowest BCUT2D eigenvalue weighted by Gasteiger charge is -2.29. The number of hydrogen-bond acceptors (Lipinski definition) is 4. The van der Waals surface area contributed by atoms with Crippen molar-refractivity contribution in [2.75, 3.05) is 13.2 Å². The molecular formula is C22H33NO4. The Morgan fingerprint density at radius 2 is 1.67 bits per heavy atom. The van der Waals surface area contributed by atoms with Crippen molar-refractivity contribution < 1.29 is 19.0 Å². The van der Waals surface area contributed by atoms with Crippen LogP contribution in [0.4, 0.5) is 0 Å². The Morgan fingerprint density at radius 1 is 1.04 bits per heavy atom. The maximum atomic E-state index is 11.0. The Morgan fingerprint density at radius 3 is 2.26 bits per heavy atom. The molecule has 1 N–H and O–H groups in total. The molecule has 2 aliphatic rings. The van der Waals surface area contributed by atoms with E-state index in [-0.39, 0.29) is 18.1 Å². The minimum Gasteiger partial charge on any atom is -0.493 e. The molecule has 2 fully saturated rings. The molecule has 1 aromatic carbocycles. The van der Waals surface area contributed by atoms with Gasteiger partial charge >= 0.3 is 0 Å². The van der Waals surface area contributed by atoms with Gasteiger partial charge in [-0.2, -0.15) is 0 Å². The minimum absolute atomic E-state index is 0.00860. The summed E-state index contributed by atoms with van der Waals surface area (Å²) in [6.07, 6.45) is 7.31. The molecule has 2 aliphatic carbocycles. The molecule has 0 radical (unpaired) electrons. The van der Waals surface area contributed by atoms with Gasteiger partial charge in [0.15, 0.2) is 0 Å². The molecule has 0 spiro atoms. The first kappa shape index (κ1) is 20.2. The zero-order valence-electron chi connectivity index (χ0n) is 16.6. The third-order valence-corrected chi connectivity index (χ3v) is 5.24. The Labute approximate surface area is 162 Å². The summed E-state index contributed by atoms with van der Waals surface area (Å²) in [7, 11) is 0. The van der Waals surface area contributed by atoms with Crippen LogP contribution in [-0.4, -0.2) is 37.4 Å². The second-order valence-corrected chi connectivity index (χ2v) is 8.04. The Hall–Kier alpha value is -1.59. The summed E-state index contributed by atoms with van der Waals surface area (Å²) < 4.78 is 17.8. The van der Waals surface area contributed by atoms with Crippen LogP contribution in [0, 0.1) is 5.92 Å². The molecule has 1 amide bonds. The van der Waals surface area contributed by atoms with E-state index in [1.807, 2.05) is 19.1 Å². The first-order valence-corrected chi connectivity index (χ1v) is 10.3. The average Bonchev–Trinajstić information content (AvgIpc) is 3.49. The maximum absolute atomic E-state index is 11.0. The van der Waals surface area contributed by atoms with E-state index >= 15 is 0 Å². The van der Waals surface area contributed by atoms with E-state index < -0.39 is 0 Å². The van der Waals surface area contributed by atoms with Gasteiger partial charge in [-0.05, 0) is 69.1 Å². The number of carbonyl (C=O) groups excluding carboxylic acids is 1. The van der Waals surface area contributed by atoms with E-state index in [0.717, 1.165) is 44.0 Å². The van der Waals surface area contributed by atoms with Gasteiger partial charge in [-0.25, -0.2) is 0 Å². The van der Waals surface area contributed by atoms with E-state index in [1.165, 1.54) is 25.3 Å².